The van der Waals surface area contributed by atoms with E-state index in [0.29, 0.717) is 19.6 Å². The topological polar surface area (TPSA) is 67.7 Å². The molecular formula is C23H26N4O3. The number of aryl methyl sites for hydroxylation is 2. The molecule has 0 aliphatic carbocycles. The lowest BCUT2D eigenvalue weighted by Crippen LogP contribution is -2.44. The second kappa shape index (κ2) is 6.80. The van der Waals surface area contributed by atoms with Crippen LogP contribution in [-0.2, 0) is 34.5 Å². The third-order valence-corrected chi connectivity index (χ3v) is 6.47. The number of aromatic nitrogens is 2. The van der Waals surface area contributed by atoms with Gasteiger partial charge < -0.3 is 14.5 Å². The number of likely N-dealkylation sites (tertiary alicyclic amines) is 1. The predicted octanol–water partition coefficient (Wildman–Crippen LogP) is 1.67. The molecule has 3 aliphatic heterocycles. The van der Waals surface area contributed by atoms with Gasteiger partial charge in [-0.15, -0.1) is 0 Å². The molecule has 3 aliphatic rings. The largest absolute Gasteiger partial charge is 0.360 e. The van der Waals surface area contributed by atoms with E-state index < -0.39 is 17.4 Å². The van der Waals surface area contributed by atoms with Gasteiger partial charge in [0.1, 0.15) is 5.60 Å². The predicted molar refractivity (Wildman–Crippen MR) is 110 cm³/mol. The van der Waals surface area contributed by atoms with E-state index in [-0.39, 0.29) is 17.9 Å². The summed E-state index contributed by atoms with van der Waals surface area (Å²) in [7, 11) is 3.63. The van der Waals surface area contributed by atoms with Gasteiger partial charge in [-0.25, -0.2) is 0 Å². The minimum atomic E-state index is -0.680. The third-order valence-electron chi connectivity index (χ3n) is 6.47. The average Bonchev–Trinajstić information content (AvgIpc) is 3.44. The number of hydrogen-bond donors (Lipinski definition) is 0. The third kappa shape index (κ3) is 2.96. The van der Waals surface area contributed by atoms with Crippen LogP contribution < -0.4 is 0 Å². The first-order valence-corrected chi connectivity index (χ1v) is 10.3. The zero-order valence-electron chi connectivity index (χ0n) is 17.5. The Kier molecular flexibility index (Phi) is 4.32. The zero-order valence-corrected chi connectivity index (χ0v) is 17.5. The molecule has 2 amide bonds. The van der Waals surface area contributed by atoms with Gasteiger partial charge in [0, 0.05) is 38.9 Å². The summed E-state index contributed by atoms with van der Waals surface area (Å²) in [6.45, 7) is 3.53. The number of nitrogens with zero attached hydrogens (tertiary/aromatic N) is 4. The van der Waals surface area contributed by atoms with Crippen LogP contribution in [0, 0.1) is 18.8 Å². The van der Waals surface area contributed by atoms with Crippen LogP contribution in [0.15, 0.2) is 48.8 Å². The Morgan fingerprint density at radius 2 is 2.20 bits per heavy atom. The molecule has 4 atom stereocenters. The van der Waals surface area contributed by atoms with E-state index in [0.717, 1.165) is 11.1 Å². The number of rotatable bonds is 5. The number of benzene rings is 1. The van der Waals surface area contributed by atoms with Crippen molar-refractivity contribution in [2.75, 3.05) is 13.6 Å². The summed E-state index contributed by atoms with van der Waals surface area (Å²) in [6, 6.07) is 8.18. The van der Waals surface area contributed by atoms with Crippen molar-refractivity contribution in [3.63, 3.8) is 0 Å². The lowest BCUT2D eigenvalue weighted by molar-refractivity contribution is -0.142. The molecule has 2 fully saturated rings. The Bertz CT molecular complexity index is 1040. The Morgan fingerprint density at radius 3 is 2.93 bits per heavy atom. The summed E-state index contributed by atoms with van der Waals surface area (Å²) < 4.78 is 7.96. The van der Waals surface area contributed by atoms with Crippen LogP contribution in [0.2, 0.25) is 0 Å². The molecule has 0 radical (unpaired) electrons. The Hall–Kier alpha value is -2.93. The number of amides is 2. The molecule has 1 aromatic carbocycles. The normalized spacial score (nSPS) is 29.0. The molecule has 2 bridgehead atoms. The number of hydrogen-bond acceptors (Lipinski definition) is 4. The molecule has 2 aromatic rings. The van der Waals surface area contributed by atoms with Gasteiger partial charge in [0.15, 0.2) is 0 Å². The SMILES string of the molecule is Cc1cccc(CN2C[C@]34C=C[C@H](O3)C(C(=O)N(C)Cc3cnn(C)c3)C4C2=O)c1. The van der Waals surface area contributed by atoms with Gasteiger partial charge >= 0.3 is 0 Å². The fourth-order valence-corrected chi connectivity index (χ4v) is 5.18. The van der Waals surface area contributed by atoms with E-state index in [4.69, 9.17) is 4.74 Å². The van der Waals surface area contributed by atoms with Gasteiger partial charge in [0.2, 0.25) is 11.8 Å². The molecule has 1 aromatic heterocycles. The van der Waals surface area contributed by atoms with Gasteiger partial charge in [0.25, 0.3) is 0 Å². The zero-order chi connectivity index (χ0) is 21.0. The van der Waals surface area contributed by atoms with Crippen molar-refractivity contribution in [1.82, 2.24) is 19.6 Å². The van der Waals surface area contributed by atoms with E-state index in [1.807, 2.05) is 55.4 Å². The molecule has 7 heteroatoms. The lowest BCUT2D eigenvalue weighted by atomic mass is 9.76. The molecule has 0 N–H and O–H groups in total. The summed E-state index contributed by atoms with van der Waals surface area (Å²) in [5.74, 6) is -0.977. The van der Waals surface area contributed by atoms with Gasteiger partial charge in [-0.3, -0.25) is 14.3 Å². The first-order valence-electron chi connectivity index (χ1n) is 10.3. The monoisotopic (exact) mass is 406 g/mol. The van der Waals surface area contributed by atoms with Crippen molar-refractivity contribution < 1.29 is 14.3 Å². The maximum atomic E-state index is 13.4. The molecule has 0 saturated carbocycles. The summed E-state index contributed by atoms with van der Waals surface area (Å²) >= 11 is 0. The van der Waals surface area contributed by atoms with Crippen molar-refractivity contribution in [3.05, 3.63) is 65.5 Å². The number of carbonyl (C=O) groups is 2. The number of fused-ring (bicyclic) bond motifs is 1. The molecule has 1 spiro atoms. The summed E-state index contributed by atoms with van der Waals surface area (Å²) in [5, 5.41) is 4.17. The highest BCUT2D eigenvalue weighted by Gasteiger charge is 2.67. The van der Waals surface area contributed by atoms with Crippen LogP contribution in [0.4, 0.5) is 0 Å². The second-order valence-electron chi connectivity index (χ2n) is 8.80. The van der Waals surface area contributed by atoms with Crippen LogP contribution in [-0.4, -0.2) is 56.7 Å². The first kappa shape index (κ1) is 19.1. The van der Waals surface area contributed by atoms with Crippen molar-refractivity contribution in [2.45, 2.75) is 31.7 Å². The van der Waals surface area contributed by atoms with Crippen molar-refractivity contribution >= 4 is 11.8 Å². The molecule has 4 heterocycles. The average molecular weight is 406 g/mol. The van der Waals surface area contributed by atoms with Gasteiger partial charge in [-0.05, 0) is 12.5 Å². The molecule has 2 unspecified atom stereocenters. The number of carbonyl (C=O) groups excluding carboxylic acids is 2. The number of ether oxygens (including phenoxy) is 1. The molecule has 2 saturated heterocycles. The summed E-state index contributed by atoms with van der Waals surface area (Å²) in [4.78, 5) is 30.3. The van der Waals surface area contributed by atoms with E-state index >= 15 is 0 Å². The maximum absolute atomic E-state index is 13.4. The van der Waals surface area contributed by atoms with E-state index in [1.54, 1.807) is 22.8 Å². The van der Waals surface area contributed by atoms with Crippen molar-refractivity contribution in [1.29, 1.82) is 0 Å². The Labute approximate surface area is 175 Å². The quantitative estimate of drug-likeness (QED) is 0.709. The van der Waals surface area contributed by atoms with E-state index in [1.165, 1.54) is 5.56 Å². The molecule has 7 nitrogen and oxygen atoms in total. The minimum absolute atomic E-state index is 0.0106. The van der Waals surface area contributed by atoms with Gasteiger partial charge in [0.05, 0.1) is 30.7 Å². The fraction of sp³-hybridized carbons (Fsp3) is 0.435. The summed E-state index contributed by atoms with van der Waals surface area (Å²) in [6.07, 6.45) is 7.28. The Morgan fingerprint density at radius 1 is 1.37 bits per heavy atom. The molecular weight excluding hydrogens is 380 g/mol. The van der Waals surface area contributed by atoms with Crippen LogP contribution in [0.3, 0.4) is 0 Å². The van der Waals surface area contributed by atoms with Crippen molar-refractivity contribution in [2.24, 2.45) is 18.9 Å². The standard InChI is InChI=1S/C23H26N4O3/c1-15-5-4-6-16(9-15)13-27-14-23-8-7-18(30-23)19(20(23)22(27)29)21(28)25(2)11-17-10-24-26(3)12-17/h4-10,12,18-20H,11,13-14H2,1-3H3/t18-,19?,20?,23-/m0/s1. The summed E-state index contributed by atoms with van der Waals surface area (Å²) in [5.41, 5.74) is 2.54. The minimum Gasteiger partial charge on any atom is -0.360 e. The first-order chi connectivity index (χ1) is 14.4. The van der Waals surface area contributed by atoms with Gasteiger partial charge in [-0.1, -0.05) is 42.0 Å². The highest BCUT2D eigenvalue weighted by Crippen LogP contribution is 2.52. The maximum Gasteiger partial charge on any atom is 0.230 e. The van der Waals surface area contributed by atoms with Gasteiger partial charge in [-0.2, -0.15) is 5.10 Å². The highest BCUT2D eigenvalue weighted by atomic mass is 16.5. The second-order valence-corrected chi connectivity index (χ2v) is 8.80. The van der Waals surface area contributed by atoms with Crippen LogP contribution in [0.1, 0.15) is 16.7 Å². The lowest BCUT2D eigenvalue weighted by Gasteiger charge is -2.27. The fourth-order valence-electron chi connectivity index (χ4n) is 5.18. The smallest absolute Gasteiger partial charge is 0.230 e. The van der Waals surface area contributed by atoms with Crippen LogP contribution in [0.25, 0.3) is 0 Å². The molecule has 5 rings (SSSR count). The van der Waals surface area contributed by atoms with E-state index in [2.05, 4.69) is 11.2 Å². The van der Waals surface area contributed by atoms with Crippen molar-refractivity contribution in [3.8, 4) is 0 Å². The highest BCUT2D eigenvalue weighted by molar-refractivity contribution is 5.93. The molecule has 156 valence electrons. The van der Waals surface area contributed by atoms with E-state index in [9.17, 15) is 9.59 Å². The Balaban J connectivity index is 1.36. The molecule has 30 heavy (non-hydrogen) atoms. The van der Waals surface area contributed by atoms with Crippen LogP contribution in [0.5, 0.6) is 0 Å². The van der Waals surface area contributed by atoms with Crippen LogP contribution >= 0.6 is 0 Å².